The highest BCUT2D eigenvalue weighted by Gasteiger charge is 2.11. The Hall–Kier alpha value is -0.740. The summed E-state index contributed by atoms with van der Waals surface area (Å²) in [6.07, 6.45) is 0. The van der Waals surface area contributed by atoms with Gasteiger partial charge in [0.05, 0.1) is 11.6 Å². The minimum absolute atomic E-state index is 0.151. The van der Waals surface area contributed by atoms with Crippen molar-refractivity contribution in [2.75, 3.05) is 14.2 Å². The Labute approximate surface area is 105 Å². The number of phenols is 1. The predicted octanol–water partition coefficient (Wildman–Crippen LogP) is 3.00. The van der Waals surface area contributed by atoms with Gasteiger partial charge in [-0.05, 0) is 54.5 Å². The first-order chi connectivity index (χ1) is 7.45. The zero-order valence-corrected chi connectivity index (χ0v) is 11.7. The SMILES string of the molecule is COc1cc(CN(C)C(C)C)cc(Br)c1O. The van der Waals surface area contributed by atoms with Gasteiger partial charge in [0.25, 0.3) is 0 Å². The monoisotopic (exact) mass is 287 g/mol. The standard InChI is InChI=1S/C12H18BrNO2/c1-8(2)14(3)7-9-5-10(13)12(15)11(6-9)16-4/h5-6,8,15H,7H2,1-4H3. The maximum atomic E-state index is 9.68. The Bertz CT molecular complexity index is 366. The Morgan fingerprint density at radius 3 is 2.56 bits per heavy atom. The highest BCUT2D eigenvalue weighted by atomic mass is 79.9. The van der Waals surface area contributed by atoms with Crippen LogP contribution < -0.4 is 4.74 Å². The number of phenolic OH excluding ortho intramolecular Hbond substituents is 1. The molecule has 0 atom stereocenters. The van der Waals surface area contributed by atoms with Gasteiger partial charge in [-0.25, -0.2) is 0 Å². The predicted molar refractivity (Wildman–Crippen MR) is 69.0 cm³/mol. The fourth-order valence-electron chi connectivity index (χ4n) is 1.34. The first-order valence-electron chi connectivity index (χ1n) is 5.21. The Kier molecular flexibility index (Phi) is 4.62. The summed E-state index contributed by atoms with van der Waals surface area (Å²) in [5.41, 5.74) is 1.11. The first kappa shape index (κ1) is 13.3. The smallest absolute Gasteiger partial charge is 0.172 e. The zero-order chi connectivity index (χ0) is 12.3. The van der Waals surface area contributed by atoms with E-state index >= 15 is 0 Å². The summed E-state index contributed by atoms with van der Waals surface area (Å²) in [4.78, 5) is 2.22. The summed E-state index contributed by atoms with van der Waals surface area (Å²) in [7, 11) is 3.62. The topological polar surface area (TPSA) is 32.7 Å². The van der Waals surface area contributed by atoms with E-state index in [1.165, 1.54) is 0 Å². The second kappa shape index (κ2) is 5.55. The third-order valence-corrected chi connectivity index (χ3v) is 3.23. The molecule has 0 heterocycles. The lowest BCUT2D eigenvalue weighted by atomic mass is 10.1. The average Bonchev–Trinajstić information content (AvgIpc) is 2.22. The number of ether oxygens (including phenoxy) is 1. The summed E-state index contributed by atoms with van der Waals surface area (Å²) in [6, 6.07) is 4.26. The van der Waals surface area contributed by atoms with Crippen LogP contribution in [0.1, 0.15) is 19.4 Å². The molecule has 0 bridgehead atoms. The second-order valence-electron chi connectivity index (χ2n) is 4.14. The van der Waals surface area contributed by atoms with Crippen molar-refractivity contribution in [3.63, 3.8) is 0 Å². The van der Waals surface area contributed by atoms with Crippen LogP contribution in [0.25, 0.3) is 0 Å². The molecule has 0 aliphatic rings. The number of methoxy groups -OCH3 is 1. The molecule has 0 saturated carbocycles. The van der Waals surface area contributed by atoms with Crippen LogP contribution in [0, 0.1) is 0 Å². The lowest BCUT2D eigenvalue weighted by Crippen LogP contribution is -2.25. The molecule has 90 valence electrons. The van der Waals surface area contributed by atoms with Crippen LogP contribution >= 0.6 is 15.9 Å². The molecule has 0 spiro atoms. The van der Waals surface area contributed by atoms with E-state index < -0.39 is 0 Å². The van der Waals surface area contributed by atoms with E-state index in [-0.39, 0.29) is 5.75 Å². The second-order valence-corrected chi connectivity index (χ2v) is 4.99. The Morgan fingerprint density at radius 2 is 2.06 bits per heavy atom. The largest absolute Gasteiger partial charge is 0.503 e. The number of benzene rings is 1. The first-order valence-corrected chi connectivity index (χ1v) is 6.00. The van der Waals surface area contributed by atoms with Gasteiger partial charge in [-0.1, -0.05) is 0 Å². The van der Waals surface area contributed by atoms with Crippen LogP contribution in [-0.2, 0) is 6.54 Å². The minimum Gasteiger partial charge on any atom is -0.503 e. The number of aromatic hydroxyl groups is 1. The molecule has 4 heteroatoms. The lowest BCUT2D eigenvalue weighted by Gasteiger charge is -2.21. The van der Waals surface area contributed by atoms with Crippen molar-refractivity contribution in [1.29, 1.82) is 0 Å². The lowest BCUT2D eigenvalue weighted by molar-refractivity contribution is 0.265. The fraction of sp³-hybridized carbons (Fsp3) is 0.500. The van der Waals surface area contributed by atoms with Crippen LogP contribution in [0.5, 0.6) is 11.5 Å². The number of halogens is 1. The normalized spacial score (nSPS) is 11.2. The number of nitrogens with zero attached hydrogens (tertiary/aromatic N) is 1. The number of hydrogen-bond acceptors (Lipinski definition) is 3. The van der Waals surface area contributed by atoms with Crippen molar-refractivity contribution in [2.24, 2.45) is 0 Å². The van der Waals surface area contributed by atoms with E-state index in [9.17, 15) is 5.11 Å². The molecule has 0 unspecified atom stereocenters. The van der Waals surface area contributed by atoms with Crippen LogP contribution in [0.15, 0.2) is 16.6 Å². The molecular weight excluding hydrogens is 270 g/mol. The van der Waals surface area contributed by atoms with Gasteiger partial charge in [-0.15, -0.1) is 0 Å². The number of rotatable bonds is 4. The summed E-state index contributed by atoms with van der Waals surface area (Å²) < 4.78 is 5.78. The van der Waals surface area contributed by atoms with Crippen molar-refractivity contribution in [1.82, 2.24) is 4.90 Å². The molecule has 0 saturated heterocycles. The van der Waals surface area contributed by atoms with E-state index in [1.54, 1.807) is 7.11 Å². The van der Waals surface area contributed by atoms with Gasteiger partial charge in [0.15, 0.2) is 11.5 Å². The van der Waals surface area contributed by atoms with Crippen molar-refractivity contribution >= 4 is 15.9 Å². The molecule has 3 nitrogen and oxygen atoms in total. The number of hydrogen-bond donors (Lipinski definition) is 1. The van der Waals surface area contributed by atoms with Crippen LogP contribution in [0.4, 0.5) is 0 Å². The average molecular weight is 288 g/mol. The molecule has 1 rings (SSSR count). The molecule has 1 N–H and O–H groups in total. The Balaban J connectivity index is 2.94. The summed E-state index contributed by atoms with van der Waals surface area (Å²) in [5, 5.41) is 9.68. The molecule has 1 aromatic carbocycles. The molecule has 0 radical (unpaired) electrons. The third kappa shape index (κ3) is 3.12. The van der Waals surface area contributed by atoms with E-state index in [0.717, 1.165) is 12.1 Å². The van der Waals surface area contributed by atoms with Crippen molar-refractivity contribution < 1.29 is 9.84 Å². The van der Waals surface area contributed by atoms with Crippen molar-refractivity contribution in [3.8, 4) is 11.5 Å². The van der Waals surface area contributed by atoms with Crippen LogP contribution in [-0.4, -0.2) is 30.2 Å². The van der Waals surface area contributed by atoms with Crippen molar-refractivity contribution in [2.45, 2.75) is 26.4 Å². The highest BCUT2D eigenvalue weighted by molar-refractivity contribution is 9.10. The van der Waals surface area contributed by atoms with E-state index in [1.807, 2.05) is 12.1 Å². The molecule has 0 aromatic heterocycles. The molecule has 0 amide bonds. The van der Waals surface area contributed by atoms with Gasteiger partial charge in [-0.2, -0.15) is 0 Å². The van der Waals surface area contributed by atoms with Gasteiger partial charge in [-0.3, -0.25) is 4.90 Å². The third-order valence-electron chi connectivity index (χ3n) is 2.62. The van der Waals surface area contributed by atoms with Crippen LogP contribution in [0.3, 0.4) is 0 Å². The molecule has 0 fully saturated rings. The minimum atomic E-state index is 0.151. The maximum absolute atomic E-state index is 9.68. The van der Waals surface area contributed by atoms with Gasteiger partial charge in [0.2, 0.25) is 0 Å². The zero-order valence-electron chi connectivity index (χ0n) is 10.1. The van der Waals surface area contributed by atoms with Gasteiger partial charge in [0, 0.05) is 12.6 Å². The van der Waals surface area contributed by atoms with Gasteiger partial charge >= 0.3 is 0 Å². The van der Waals surface area contributed by atoms with Gasteiger partial charge in [0.1, 0.15) is 0 Å². The van der Waals surface area contributed by atoms with Crippen LogP contribution in [0.2, 0.25) is 0 Å². The highest BCUT2D eigenvalue weighted by Crippen LogP contribution is 2.35. The van der Waals surface area contributed by atoms with Crippen molar-refractivity contribution in [3.05, 3.63) is 22.2 Å². The molecule has 0 aliphatic carbocycles. The molecule has 16 heavy (non-hydrogen) atoms. The fourth-order valence-corrected chi connectivity index (χ4v) is 1.83. The summed E-state index contributed by atoms with van der Waals surface area (Å²) in [5.74, 6) is 0.653. The Morgan fingerprint density at radius 1 is 1.44 bits per heavy atom. The molecular formula is C12H18BrNO2. The van der Waals surface area contributed by atoms with E-state index in [2.05, 4.69) is 41.7 Å². The molecule has 0 aliphatic heterocycles. The quantitative estimate of drug-likeness (QED) is 0.924. The van der Waals surface area contributed by atoms with E-state index in [0.29, 0.717) is 16.3 Å². The maximum Gasteiger partial charge on any atom is 0.172 e. The summed E-state index contributed by atoms with van der Waals surface area (Å²) in [6.45, 7) is 5.12. The molecule has 1 aromatic rings. The van der Waals surface area contributed by atoms with Gasteiger partial charge < -0.3 is 9.84 Å². The summed E-state index contributed by atoms with van der Waals surface area (Å²) >= 11 is 3.32. The van der Waals surface area contributed by atoms with E-state index in [4.69, 9.17) is 4.74 Å².